The van der Waals surface area contributed by atoms with Crippen molar-refractivity contribution in [2.24, 2.45) is 23.7 Å². The molecule has 4 fully saturated rings. The molecule has 44 heavy (non-hydrogen) atoms. The van der Waals surface area contributed by atoms with E-state index in [1.165, 1.54) is 13.8 Å². The number of ether oxygens (including phenoxy) is 10. The molecule has 0 saturated carbocycles. The van der Waals surface area contributed by atoms with Crippen LogP contribution in [0.15, 0.2) is 0 Å². The Labute approximate surface area is 260 Å². The highest BCUT2D eigenvalue weighted by Gasteiger charge is 2.49. The molecule has 0 bridgehead atoms. The van der Waals surface area contributed by atoms with Crippen molar-refractivity contribution >= 4 is 11.9 Å². The first kappa shape index (κ1) is 35.4. The van der Waals surface area contributed by atoms with Crippen LogP contribution in [0.4, 0.5) is 0 Å². The van der Waals surface area contributed by atoms with Gasteiger partial charge >= 0.3 is 11.9 Å². The molecule has 14 atom stereocenters. The van der Waals surface area contributed by atoms with Gasteiger partial charge in [0.2, 0.25) is 0 Å². The molecule has 13 nitrogen and oxygen atoms in total. The second kappa shape index (κ2) is 15.0. The fourth-order valence-corrected chi connectivity index (χ4v) is 6.55. The van der Waals surface area contributed by atoms with Crippen LogP contribution in [-0.2, 0) is 57.0 Å². The van der Waals surface area contributed by atoms with E-state index in [4.69, 9.17) is 47.4 Å². The van der Waals surface area contributed by atoms with Crippen LogP contribution in [0, 0.1) is 23.7 Å². The minimum absolute atomic E-state index is 0.00447. The van der Waals surface area contributed by atoms with Crippen molar-refractivity contribution in [2.45, 2.75) is 136 Å². The lowest BCUT2D eigenvalue weighted by Gasteiger charge is -2.46. The predicted octanol–water partition coefficient (Wildman–Crippen LogP) is 2.54. The van der Waals surface area contributed by atoms with E-state index in [0.717, 1.165) is 6.42 Å². The molecular formula is C31H52O13. The number of rotatable bonds is 11. The number of esters is 2. The zero-order chi connectivity index (χ0) is 32.3. The van der Waals surface area contributed by atoms with Gasteiger partial charge in [-0.3, -0.25) is 9.59 Å². The number of aliphatic hydroxyl groups is 1. The van der Waals surface area contributed by atoms with Crippen LogP contribution in [0.2, 0.25) is 0 Å². The van der Waals surface area contributed by atoms with Crippen LogP contribution in [0.25, 0.3) is 0 Å². The lowest BCUT2D eigenvalue weighted by Crippen LogP contribution is -2.56. The molecule has 0 aromatic carbocycles. The molecule has 4 aliphatic heterocycles. The molecule has 1 N–H and O–H groups in total. The van der Waals surface area contributed by atoms with E-state index < -0.39 is 73.0 Å². The molecular weight excluding hydrogens is 580 g/mol. The number of hydrogen-bond donors (Lipinski definition) is 1. The summed E-state index contributed by atoms with van der Waals surface area (Å²) in [5.41, 5.74) is 0. The van der Waals surface area contributed by atoms with E-state index in [-0.39, 0.29) is 49.8 Å². The van der Waals surface area contributed by atoms with Gasteiger partial charge in [0.15, 0.2) is 30.6 Å². The highest BCUT2D eigenvalue weighted by Crippen LogP contribution is 2.38. The number of carbonyl (C=O) groups is 2. The second-order valence-electron chi connectivity index (χ2n) is 13.1. The van der Waals surface area contributed by atoms with Crippen molar-refractivity contribution in [3.05, 3.63) is 0 Å². The Morgan fingerprint density at radius 1 is 0.864 bits per heavy atom. The van der Waals surface area contributed by atoms with Gasteiger partial charge in [0.1, 0.15) is 31.2 Å². The maximum Gasteiger partial charge on any atom is 0.303 e. The third-order valence-electron chi connectivity index (χ3n) is 9.51. The second-order valence-corrected chi connectivity index (χ2v) is 13.1. The quantitative estimate of drug-likeness (QED) is 0.333. The molecule has 0 amide bonds. The molecule has 4 heterocycles. The zero-order valence-electron chi connectivity index (χ0n) is 27.5. The first-order valence-corrected chi connectivity index (χ1v) is 15.8. The maximum atomic E-state index is 12.0. The van der Waals surface area contributed by atoms with Crippen molar-refractivity contribution in [3.63, 3.8) is 0 Å². The molecule has 0 aromatic heterocycles. The predicted molar refractivity (Wildman–Crippen MR) is 153 cm³/mol. The van der Waals surface area contributed by atoms with Crippen LogP contribution in [0.5, 0.6) is 0 Å². The third kappa shape index (κ3) is 8.29. The van der Waals surface area contributed by atoms with Gasteiger partial charge in [0.05, 0.1) is 32.0 Å². The molecule has 0 unspecified atom stereocenters. The molecule has 254 valence electrons. The van der Waals surface area contributed by atoms with Crippen molar-refractivity contribution in [2.75, 3.05) is 26.6 Å². The first-order chi connectivity index (χ1) is 20.7. The fraction of sp³-hybridized carbons (Fsp3) is 0.935. The Kier molecular flexibility index (Phi) is 12.1. The Balaban J connectivity index is 1.42. The zero-order valence-corrected chi connectivity index (χ0v) is 27.5. The summed E-state index contributed by atoms with van der Waals surface area (Å²) in [4.78, 5) is 23.9. The average Bonchev–Trinajstić information content (AvgIpc) is 3.59. The van der Waals surface area contributed by atoms with Gasteiger partial charge in [-0.05, 0) is 32.1 Å². The summed E-state index contributed by atoms with van der Waals surface area (Å²) in [7, 11) is 0. The highest BCUT2D eigenvalue weighted by molar-refractivity contribution is 5.66. The molecule has 4 aliphatic rings. The summed E-state index contributed by atoms with van der Waals surface area (Å²) in [6, 6.07) is 0. The Hall–Kier alpha value is -1.42. The van der Waals surface area contributed by atoms with E-state index in [9.17, 15) is 14.7 Å². The number of hydrogen-bond acceptors (Lipinski definition) is 13. The van der Waals surface area contributed by atoms with E-state index in [1.807, 2.05) is 34.6 Å². The van der Waals surface area contributed by atoms with Crippen molar-refractivity contribution in [3.8, 4) is 0 Å². The monoisotopic (exact) mass is 632 g/mol. The van der Waals surface area contributed by atoms with Crippen LogP contribution in [-0.4, -0.2) is 111 Å². The van der Waals surface area contributed by atoms with Crippen molar-refractivity contribution in [1.29, 1.82) is 0 Å². The van der Waals surface area contributed by atoms with Gasteiger partial charge in [0.25, 0.3) is 0 Å². The van der Waals surface area contributed by atoms with Crippen molar-refractivity contribution in [1.82, 2.24) is 0 Å². The van der Waals surface area contributed by atoms with Crippen LogP contribution >= 0.6 is 0 Å². The lowest BCUT2D eigenvalue weighted by atomic mass is 9.82. The van der Waals surface area contributed by atoms with Crippen molar-refractivity contribution < 1.29 is 62.1 Å². The van der Waals surface area contributed by atoms with Gasteiger partial charge in [-0.25, -0.2) is 0 Å². The lowest BCUT2D eigenvalue weighted by molar-refractivity contribution is -0.312. The van der Waals surface area contributed by atoms with E-state index in [0.29, 0.717) is 6.61 Å². The fourth-order valence-electron chi connectivity index (χ4n) is 6.55. The molecule has 0 aromatic rings. The molecule has 4 saturated heterocycles. The average molecular weight is 633 g/mol. The third-order valence-corrected chi connectivity index (χ3v) is 9.51. The van der Waals surface area contributed by atoms with Crippen LogP contribution < -0.4 is 0 Å². The molecule has 13 heteroatoms. The minimum Gasteiger partial charge on any atom is -0.457 e. The smallest absolute Gasteiger partial charge is 0.303 e. The molecule has 4 rings (SSSR count). The summed E-state index contributed by atoms with van der Waals surface area (Å²) < 4.78 is 59.2. The van der Waals surface area contributed by atoms with Gasteiger partial charge in [-0.1, -0.05) is 34.6 Å². The summed E-state index contributed by atoms with van der Waals surface area (Å²) in [5.74, 6) is -1.70. The molecule has 0 radical (unpaired) electrons. The van der Waals surface area contributed by atoms with Gasteiger partial charge in [-0.15, -0.1) is 0 Å². The van der Waals surface area contributed by atoms with Gasteiger partial charge in [0, 0.05) is 25.7 Å². The largest absolute Gasteiger partial charge is 0.457 e. The van der Waals surface area contributed by atoms with Gasteiger partial charge in [-0.2, -0.15) is 0 Å². The topological polar surface area (TPSA) is 147 Å². The van der Waals surface area contributed by atoms with E-state index in [2.05, 4.69) is 13.8 Å². The standard InChI is InChI=1S/C31H52O13/c1-10-22-15(2)17(4)25(40-19(6)32)30(42-22)36-12-23-16(3)18(5)26(41-20(7)33)29(43-23)35-11-21(34)27-28(38-14-37-27)24-13-39-31(8,9)44-24/h15-18,21-30,34H,10-14H2,1-9H3/t15-,16-,17-,18-,21+,22+,23+,24+,25+,26+,27+,28+,29+,30+/m0/s1. The van der Waals surface area contributed by atoms with Crippen LogP contribution in [0.3, 0.4) is 0 Å². The van der Waals surface area contributed by atoms with E-state index in [1.54, 1.807) is 0 Å². The minimum atomic E-state index is -1.09. The highest BCUT2D eigenvalue weighted by atomic mass is 16.8. The molecule has 0 spiro atoms. The Morgan fingerprint density at radius 3 is 1.98 bits per heavy atom. The van der Waals surface area contributed by atoms with E-state index >= 15 is 0 Å². The Bertz CT molecular complexity index is 961. The normalized spacial score (nSPS) is 43.0. The Morgan fingerprint density at radius 2 is 1.43 bits per heavy atom. The summed E-state index contributed by atoms with van der Waals surface area (Å²) in [6.45, 7) is 16.7. The first-order valence-electron chi connectivity index (χ1n) is 15.8. The summed E-state index contributed by atoms with van der Waals surface area (Å²) >= 11 is 0. The van der Waals surface area contributed by atoms with Gasteiger partial charge < -0.3 is 52.5 Å². The van der Waals surface area contributed by atoms with Crippen LogP contribution in [0.1, 0.15) is 68.7 Å². The SMILES string of the molecule is CC[C@H]1O[C@@H](OC[C@H]2O[C@@H](OC[C@@H](O)[C@H]3OCO[C@@H]3[C@H]3COC(C)(C)O3)[C@H](OC(C)=O)[C@@H](C)[C@@H]2C)[C@H](OC(C)=O)[C@@H](C)[C@@H]1C. The maximum absolute atomic E-state index is 12.0. The summed E-state index contributed by atoms with van der Waals surface area (Å²) in [6.07, 6.45) is -5.54. The number of carbonyl (C=O) groups excluding carboxylic acids is 2. The molecule has 0 aliphatic carbocycles. The summed E-state index contributed by atoms with van der Waals surface area (Å²) in [5, 5.41) is 11.1. The number of aliphatic hydroxyl groups excluding tert-OH is 1.